The third-order valence-corrected chi connectivity index (χ3v) is 6.65. The summed E-state index contributed by atoms with van der Waals surface area (Å²) in [6.07, 6.45) is 13.4. The van der Waals surface area contributed by atoms with Crippen LogP contribution in [-0.2, 0) is 14.3 Å². The van der Waals surface area contributed by atoms with Crippen molar-refractivity contribution in [3.63, 3.8) is 0 Å². The highest BCUT2D eigenvalue weighted by Gasteiger charge is 2.51. The average molecular weight is 331 g/mol. The van der Waals surface area contributed by atoms with E-state index in [2.05, 4.69) is 17.5 Å². The van der Waals surface area contributed by atoms with Gasteiger partial charge < -0.3 is 10.1 Å². The van der Waals surface area contributed by atoms with Crippen molar-refractivity contribution in [1.82, 2.24) is 5.32 Å². The lowest BCUT2D eigenvalue weighted by atomic mass is 9.53. The van der Waals surface area contributed by atoms with Crippen molar-refractivity contribution in [2.24, 2.45) is 23.7 Å². The predicted molar refractivity (Wildman–Crippen MR) is 91.1 cm³/mol. The first kappa shape index (κ1) is 16.2. The van der Waals surface area contributed by atoms with Crippen molar-refractivity contribution >= 4 is 11.9 Å². The summed E-state index contributed by atoms with van der Waals surface area (Å²) in [4.78, 5) is 24.6. The molecule has 1 N–H and O–H groups in total. The quantitative estimate of drug-likeness (QED) is 0.621. The zero-order valence-electron chi connectivity index (χ0n) is 14.6. The zero-order chi connectivity index (χ0) is 16.7. The van der Waals surface area contributed by atoms with Crippen molar-refractivity contribution in [3.05, 3.63) is 12.2 Å². The summed E-state index contributed by atoms with van der Waals surface area (Å²) in [7, 11) is 0. The van der Waals surface area contributed by atoms with E-state index < -0.39 is 6.10 Å². The first-order valence-electron chi connectivity index (χ1n) is 9.69. The van der Waals surface area contributed by atoms with Gasteiger partial charge in [-0.05, 0) is 82.0 Å². The van der Waals surface area contributed by atoms with E-state index in [1.54, 1.807) is 6.92 Å². The summed E-state index contributed by atoms with van der Waals surface area (Å²) in [5.74, 6) is 2.32. The molecule has 5 aliphatic carbocycles. The number of carbonyl (C=O) groups is 2. The van der Waals surface area contributed by atoms with Crippen LogP contribution in [-0.4, -0.2) is 23.5 Å². The van der Waals surface area contributed by atoms with E-state index in [1.165, 1.54) is 19.3 Å². The van der Waals surface area contributed by atoms with Gasteiger partial charge in [0.15, 0.2) is 6.10 Å². The Morgan fingerprint density at radius 1 is 1.17 bits per heavy atom. The average Bonchev–Trinajstić information content (AvgIpc) is 2.97. The minimum atomic E-state index is -0.684. The fourth-order valence-electron chi connectivity index (χ4n) is 6.00. The molecule has 132 valence electrons. The smallest absolute Gasteiger partial charge is 0.307 e. The van der Waals surface area contributed by atoms with Crippen LogP contribution in [0, 0.1) is 23.7 Å². The zero-order valence-corrected chi connectivity index (χ0v) is 14.6. The van der Waals surface area contributed by atoms with Crippen LogP contribution in [0.1, 0.15) is 64.7 Å². The molecule has 4 saturated carbocycles. The van der Waals surface area contributed by atoms with E-state index in [0.717, 1.165) is 49.9 Å². The largest absolute Gasteiger partial charge is 0.453 e. The predicted octanol–water partition coefficient (Wildman–Crippen LogP) is 3.36. The minimum Gasteiger partial charge on any atom is -0.453 e. The van der Waals surface area contributed by atoms with Crippen LogP contribution >= 0.6 is 0 Å². The fraction of sp³-hybridized carbons (Fsp3) is 0.800. The number of hydrogen-bond donors (Lipinski definition) is 1. The lowest BCUT2D eigenvalue weighted by Gasteiger charge is -2.57. The Labute approximate surface area is 144 Å². The molecule has 4 nitrogen and oxygen atoms in total. The second-order valence-corrected chi connectivity index (χ2v) is 8.79. The second-order valence-electron chi connectivity index (χ2n) is 8.79. The first-order valence-corrected chi connectivity index (χ1v) is 9.69. The van der Waals surface area contributed by atoms with Gasteiger partial charge in [-0.2, -0.15) is 0 Å². The molecule has 4 fully saturated rings. The molecular formula is C20H29NO3. The molecule has 4 bridgehead atoms. The van der Waals surface area contributed by atoms with E-state index in [9.17, 15) is 9.59 Å². The summed E-state index contributed by atoms with van der Waals surface area (Å²) >= 11 is 0. The summed E-state index contributed by atoms with van der Waals surface area (Å²) < 4.78 is 5.40. The number of esters is 1. The molecule has 0 saturated heterocycles. The van der Waals surface area contributed by atoms with Crippen LogP contribution in [0.2, 0.25) is 0 Å². The lowest BCUT2D eigenvalue weighted by Crippen LogP contribution is -2.61. The summed E-state index contributed by atoms with van der Waals surface area (Å²) in [6, 6.07) is 0. The molecule has 5 aliphatic rings. The molecule has 0 aliphatic heterocycles. The maximum absolute atomic E-state index is 12.6. The van der Waals surface area contributed by atoms with Crippen LogP contribution in [0.3, 0.4) is 0 Å². The number of allylic oxidation sites excluding steroid dienone is 2. The molecular weight excluding hydrogens is 302 g/mol. The van der Waals surface area contributed by atoms with E-state index in [1.807, 2.05) is 0 Å². The number of hydrogen-bond acceptors (Lipinski definition) is 3. The highest BCUT2D eigenvalue weighted by Crippen LogP contribution is 2.55. The summed E-state index contributed by atoms with van der Waals surface area (Å²) in [5.41, 5.74) is -0.0132. The SMILES string of the molecule is C[C@H](OC(=O)C[C@H]1C=CCC1)C(=O)NC12CC3CC(CC(C3)C1)C2. The highest BCUT2D eigenvalue weighted by atomic mass is 16.5. The van der Waals surface area contributed by atoms with Crippen LogP contribution in [0.5, 0.6) is 0 Å². The Bertz CT molecular complexity index is 518. The molecule has 0 heterocycles. The van der Waals surface area contributed by atoms with Gasteiger partial charge in [0.2, 0.25) is 0 Å². The molecule has 0 aromatic heterocycles. The van der Waals surface area contributed by atoms with Crippen molar-refractivity contribution < 1.29 is 14.3 Å². The second kappa shape index (κ2) is 6.20. The van der Waals surface area contributed by atoms with Crippen LogP contribution in [0.25, 0.3) is 0 Å². The normalized spacial score (nSPS) is 40.5. The number of amides is 1. The topological polar surface area (TPSA) is 55.4 Å². The van der Waals surface area contributed by atoms with Crippen molar-refractivity contribution in [1.29, 1.82) is 0 Å². The third kappa shape index (κ3) is 3.25. The first-order chi connectivity index (χ1) is 11.5. The Balaban J connectivity index is 1.30. The van der Waals surface area contributed by atoms with Gasteiger partial charge in [-0.3, -0.25) is 9.59 Å². The Kier molecular flexibility index (Phi) is 4.17. The molecule has 1 amide bonds. The van der Waals surface area contributed by atoms with E-state index in [0.29, 0.717) is 6.42 Å². The fourth-order valence-corrected chi connectivity index (χ4v) is 6.00. The van der Waals surface area contributed by atoms with Crippen LogP contribution in [0.4, 0.5) is 0 Å². The van der Waals surface area contributed by atoms with Crippen LogP contribution < -0.4 is 5.32 Å². The number of ether oxygens (including phenoxy) is 1. The molecule has 4 heteroatoms. The van der Waals surface area contributed by atoms with Crippen molar-refractivity contribution in [2.45, 2.75) is 76.4 Å². The van der Waals surface area contributed by atoms with Crippen molar-refractivity contribution in [3.8, 4) is 0 Å². The van der Waals surface area contributed by atoms with Gasteiger partial charge in [-0.15, -0.1) is 0 Å². The number of carbonyl (C=O) groups excluding carboxylic acids is 2. The third-order valence-electron chi connectivity index (χ3n) is 6.65. The number of rotatable bonds is 5. The van der Waals surface area contributed by atoms with Gasteiger partial charge in [0, 0.05) is 5.54 Å². The van der Waals surface area contributed by atoms with Gasteiger partial charge in [0.1, 0.15) is 0 Å². The maximum atomic E-state index is 12.6. The summed E-state index contributed by atoms with van der Waals surface area (Å²) in [5, 5.41) is 3.29. The molecule has 0 aromatic carbocycles. The Morgan fingerprint density at radius 2 is 1.79 bits per heavy atom. The molecule has 2 atom stereocenters. The standard InChI is InChI=1S/C20H29NO3/c1-13(24-18(22)9-14-4-2-3-5-14)19(23)21-20-10-15-6-16(11-20)8-17(7-15)12-20/h2,4,13-17H,3,5-12H2,1H3,(H,21,23)/t13-,14-,15?,16?,17?,20?/m0/s1. The molecule has 0 unspecified atom stereocenters. The van der Waals surface area contributed by atoms with Gasteiger partial charge in [0.05, 0.1) is 6.42 Å². The van der Waals surface area contributed by atoms with Crippen LogP contribution in [0.15, 0.2) is 12.2 Å². The molecule has 0 aromatic rings. The molecule has 24 heavy (non-hydrogen) atoms. The van der Waals surface area contributed by atoms with Crippen molar-refractivity contribution in [2.75, 3.05) is 0 Å². The highest BCUT2D eigenvalue weighted by molar-refractivity contribution is 5.84. The van der Waals surface area contributed by atoms with E-state index in [4.69, 9.17) is 4.74 Å². The monoisotopic (exact) mass is 331 g/mol. The van der Waals surface area contributed by atoms with E-state index in [-0.39, 0.29) is 23.3 Å². The van der Waals surface area contributed by atoms with E-state index >= 15 is 0 Å². The molecule has 0 spiro atoms. The minimum absolute atomic E-state index is 0.0132. The van der Waals surface area contributed by atoms with Gasteiger partial charge in [0.25, 0.3) is 5.91 Å². The number of nitrogens with one attached hydrogen (secondary N) is 1. The Morgan fingerprint density at radius 3 is 2.33 bits per heavy atom. The Hall–Kier alpha value is -1.32. The summed E-state index contributed by atoms with van der Waals surface area (Å²) in [6.45, 7) is 1.71. The maximum Gasteiger partial charge on any atom is 0.307 e. The molecule has 5 rings (SSSR count). The van der Waals surface area contributed by atoms with Gasteiger partial charge >= 0.3 is 5.97 Å². The lowest BCUT2D eigenvalue weighted by molar-refractivity contribution is -0.157. The van der Waals surface area contributed by atoms with Gasteiger partial charge in [-0.25, -0.2) is 0 Å². The van der Waals surface area contributed by atoms with Gasteiger partial charge in [-0.1, -0.05) is 12.2 Å². The molecule has 0 radical (unpaired) electrons.